The molecule has 0 radical (unpaired) electrons. The van der Waals surface area contributed by atoms with E-state index in [1.165, 1.54) is 9.87 Å². The summed E-state index contributed by atoms with van der Waals surface area (Å²) in [5, 5.41) is 0. The maximum atomic E-state index is 12.3. The highest BCUT2D eigenvalue weighted by Crippen LogP contribution is 2.19. The van der Waals surface area contributed by atoms with Crippen molar-refractivity contribution in [2.75, 3.05) is 26.0 Å². The Balaban J connectivity index is 1.87. The van der Waals surface area contributed by atoms with Gasteiger partial charge < -0.3 is 4.74 Å². The second kappa shape index (κ2) is 7.38. The van der Waals surface area contributed by atoms with E-state index in [-0.39, 0.29) is 17.8 Å². The molecule has 2 atom stereocenters. The van der Waals surface area contributed by atoms with E-state index in [4.69, 9.17) is 4.74 Å². The number of rotatable bonds is 7. The summed E-state index contributed by atoms with van der Waals surface area (Å²) in [7, 11) is -1.53. The number of sulfonamides is 1. The summed E-state index contributed by atoms with van der Waals surface area (Å²) in [6, 6.07) is 10.0. The maximum Gasteiger partial charge on any atom is 0.213 e. The Labute approximate surface area is 128 Å². The minimum atomic E-state index is -3.20. The third-order valence-corrected chi connectivity index (χ3v) is 5.95. The molecule has 1 aromatic carbocycles. The molecule has 1 fully saturated rings. The molecule has 21 heavy (non-hydrogen) atoms. The molecule has 0 spiro atoms. The lowest BCUT2D eigenvalue weighted by Gasteiger charge is -2.22. The molecule has 1 aliphatic heterocycles. The molecule has 2 unspecified atom stereocenters. The summed E-state index contributed by atoms with van der Waals surface area (Å²) in [5.41, 5.74) is 1.17. The van der Waals surface area contributed by atoms with Crippen LogP contribution in [-0.4, -0.2) is 44.8 Å². The molecule has 0 aliphatic carbocycles. The molecule has 0 bridgehead atoms. The number of ether oxygens (including phenoxy) is 1. The van der Waals surface area contributed by atoms with Crippen LogP contribution in [0.4, 0.5) is 0 Å². The lowest BCUT2D eigenvalue weighted by molar-refractivity contribution is 0.108. The van der Waals surface area contributed by atoms with Gasteiger partial charge in [0, 0.05) is 20.2 Å². The quantitative estimate of drug-likeness (QED) is 0.777. The van der Waals surface area contributed by atoms with Gasteiger partial charge >= 0.3 is 0 Å². The van der Waals surface area contributed by atoms with Crippen LogP contribution in [0.25, 0.3) is 0 Å². The van der Waals surface area contributed by atoms with Crippen molar-refractivity contribution in [3.8, 4) is 0 Å². The van der Waals surface area contributed by atoms with Gasteiger partial charge in [-0.1, -0.05) is 37.3 Å². The zero-order chi connectivity index (χ0) is 15.3. The van der Waals surface area contributed by atoms with Crippen LogP contribution in [0.5, 0.6) is 0 Å². The third-order valence-electron chi connectivity index (χ3n) is 4.10. The Hall–Kier alpha value is -0.910. The van der Waals surface area contributed by atoms with Gasteiger partial charge in [0.2, 0.25) is 10.0 Å². The van der Waals surface area contributed by atoms with Crippen LogP contribution in [0.15, 0.2) is 30.3 Å². The highest BCUT2D eigenvalue weighted by atomic mass is 32.2. The Kier molecular flexibility index (Phi) is 5.79. The van der Waals surface area contributed by atoms with Crippen molar-refractivity contribution in [3.05, 3.63) is 35.9 Å². The number of hydrogen-bond acceptors (Lipinski definition) is 3. The number of nitrogens with zero attached hydrogens (tertiary/aromatic N) is 1. The normalized spacial score (nSPS) is 20.8. The summed E-state index contributed by atoms with van der Waals surface area (Å²) >= 11 is 0. The Bertz CT molecular complexity index is 524. The first-order chi connectivity index (χ1) is 9.99. The fourth-order valence-corrected chi connectivity index (χ4v) is 4.02. The van der Waals surface area contributed by atoms with E-state index in [0.717, 1.165) is 19.4 Å². The van der Waals surface area contributed by atoms with E-state index in [9.17, 15) is 8.42 Å². The van der Waals surface area contributed by atoms with Crippen molar-refractivity contribution < 1.29 is 13.2 Å². The molecular formula is C16H25NO3S. The average molecular weight is 311 g/mol. The van der Waals surface area contributed by atoms with Gasteiger partial charge in [-0.15, -0.1) is 0 Å². The van der Waals surface area contributed by atoms with Crippen molar-refractivity contribution in [2.45, 2.75) is 38.2 Å². The number of likely N-dealkylation sites (N-methyl/N-ethyl adjacent to an activating group) is 1. The highest BCUT2D eigenvalue weighted by Gasteiger charge is 2.24. The van der Waals surface area contributed by atoms with Crippen LogP contribution < -0.4 is 0 Å². The summed E-state index contributed by atoms with van der Waals surface area (Å²) in [6.07, 6.45) is 2.76. The van der Waals surface area contributed by atoms with Crippen molar-refractivity contribution in [1.29, 1.82) is 0 Å². The minimum Gasteiger partial charge on any atom is -0.378 e. The van der Waals surface area contributed by atoms with Gasteiger partial charge in [-0.25, -0.2) is 12.7 Å². The molecule has 0 amide bonds. The van der Waals surface area contributed by atoms with Gasteiger partial charge in [-0.05, 0) is 30.7 Å². The predicted octanol–water partition coefficient (Wildman–Crippen LogP) is 2.62. The standard InChI is InChI=1S/C16H25NO3S/c1-14(15-7-4-3-5-8-15)13-17(2)21(18,19)12-10-16-9-6-11-20-16/h3-5,7-8,14,16H,6,9-13H2,1-2H3. The van der Waals surface area contributed by atoms with E-state index < -0.39 is 10.0 Å². The lowest BCUT2D eigenvalue weighted by atomic mass is 10.0. The predicted molar refractivity (Wildman–Crippen MR) is 84.9 cm³/mol. The van der Waals surface area contributed by atoms with Crippen LogP contribution in [-0.2, 0) is 14.8 Å². The van der Waals surface area contributed by atoms with E-state index in [1.54, 1.807) is 7.05 Å². The molecule has 4 nitrogen and oxygen atoms in total. The Morgan fingerprint density at radius 2 is 2.05 bits per heavy atom. The van der Waals surface area contributed by atoms with Gasteiger partial charge in [0.25, 0.3) is 0 Å². The average Bonchev–Trinajstić information content (AvgIpc) is 2.99. The van der Waals surface area contributed by atoms with Gasteiger partial charge in [0.15, 0.2) is 0 Å². The molecule has 1 aliphatic rings. The lowest BCUT2D eigenvalue weighted by Crippen LogP contribution is -2.33. The van der Waals surface area contributed by atoms with Gasteiger partial charge in [0.05, 0.1) is 11.9 Å². The van der Waals surface area contributed by atoms with Gasteiger partial charge in [0.1, 0.15) is 0 Å². The van der Waals surface area contributed by atoms with Gasteiger partial charge in [-0.2, -0.15) is 0 Å². The van der Waals surface area contributed by atoms with E-state index in [1.807, 2.05) is 30.3 Å². The largest absolute Gasteiger partial charge is 0.378 e. The van der Waals surface area contributed by atoms with Crippen LogP contribution in [0, 0.1) is 0 Å². The summed E-state index contributed by atoms with van der Waals surface area (Å²) in [4.78, 5) is 0. The zero-order valence-electron chi connectivity index (χ0n) is 12.9. The summed E-state index contributed by atoms with van der Waals surface area (Å²) in [6.45, 7) is 3.34. The Morgan fingerprint density at radius 3 is 2.67 bits per heavy atom. The van der Waals surface area contributed by atoms with E-state index in [0.29, 0.717) is 13.0 Å². The first-order valence-electron chi connectivity index (χ1n) is 7.59. The molecule has 1 aromatic rings. The maximum absolute atomic E-state index is 12.3. The Morgan fingerprint density at radius 1 is 1.33 bits per heavy atom. The topological polar surface area (TPSA) is 46.6 Å². The molecule has 5 heteroatoms. The monoisotopic (exact) mass is 311 g/mol. The third kappa shape index (κ3) is 4.80. The summed E-state index contributed by atoms with van der Waals surface area (Å²) < 4.78 is 31.6. The second-order valence-electron chi connectivity index (χ2n) is 5.83. The SMILES string of the molecule is CC(CN(C)S(=O)(=O)CCC1CCCO1)c1ccccc1. The first-order valence-corrected chi connectivity index (χ1v) is 9.20. The zero-order valence-corrected chi connectivity index (χ0v) is 13.7. The first kappa shape index (κ1) is 16.5. The molecule has 2 rings (SSSR count). The highest BCUT2D eigenvalue weighted by molar-refractivity contribution is 7.89. The second-order valence-corrected chi connectivity index (χ2v) is 8.03. The van der Waals surface area contributed by atoms with Crippen molar-refractivity contribution >= 4 is 10.0 Å². The smallest absolute Gasteiger partial charge is 0.213 e. The number of benzene rings is 1. The van der Waals surface area contributed by atoms with Crippen molar-refractivity contribution in [3.63, 3.8) is 0 Å². The molecule has 0 aromatic heterocycles. The molecular weight excluding hydrogens is 286 g/mol. The number of hydrogen-bond donors (Lipinski definition) is 0. The van der Waals surface area contributed by atoms with Gasteiger partial charge in [-0.3, -0.25) is 0 Å². The van der Waals surface area contributed by atoms with Crippen LogP contribution in [0.3, 0.4) is 0 Å². The van der Waals surface area contributed by atoms with Crippen LogP contribution >= 0.6 is 0 Å². The van der Waals surface area contributed by atoms with E-state index in [2.05, 4.69) is 6.92 Å². The molecule has 1 saturated heterocycles. The summed E-state index contributed by atoms with van der Waals surface area (Å²) in [5.74, 6) is 0.365. The molecule has 0 N–H and O–H groups in total. The molecule has 1 heterocycles. The van der Waals surface area contributed by atoms with E-state index >= 15 is 0 Å². The molecule has 118 valence electrons. The van der Waals surface area contributed by atoms with Crippen molar-refractivity contribution in [2.24, 2.45) is 0 Å². The van der Waals surface area contributed by atoms with Crippen LogP contribution in [0.1, 0.15) is 37.7 Å². The van der Waals surface area contributed by atoms with Crippen molar-refractivity contribution in [1.82, 2.24) is 4.31 Å². The minimum absolute atomic E-state index is 0.125. The molecule has 0 saturated carbocycles. The van der Waals surface area contributed by atoms with Crippen LogP contribution in [0.2, 0.25) is 0 Å². The fraction of sp³-hybridized carbons (Fsp3) is 0.625. The fourth-order valence-electron chi connectivity index (χ4n) is 2.69.